The highest BCUT2D eigenvalue weighted by atomic mass is 16.5. The molecule has 2 aromatic rings. The standard InChI is InChI=1S/C18H23N3O3/c1-13(2)17(14-7-5-4-6-8-14)19-18(23)15-9-10-16(22)21(20-15)11-12-24-3/h4-10,13,17H,11-12H2,1-3H3,(H,19,23). The molecule has 0 radical (unpaired) electrons. The minimum Gasteiger partial charge on any atom is -0.383 e. The van der Waals surface area contributed by atoms with E-state index in [0.717, 1.165) is 5.56 Å². The van der Waals surface area contributed by atoms with E-state index >= 15 is 0 Å². The second kappa shape index (κ2) is 8.40. The van der Waals surface area contributed by atoms with Crippen LogP contribution in [0.25, 0.3) is 0 Å². The van der Waals surface area contributed by atoms with Gasteiger partial charge in [0, 0.05) is 13.2 Å². The van der Waals surface area contributed by atoms with E-state index in [0.29, 0.717) is 13.2 Å². The highest BCUT2D eigenvalue weighted by Crippen LogP contribution is 2.21. The second-order valence-corrected chi connectivity index (χ2v) is 5.88. The number of carbonyl (C=O) groups excluding carboxylic acids is 1. The first kappa shape index (κ1) is 17.9. The molecule has 0 saturated heterocycles. The van der Waals surface area contributed by atoms with Crippen LogP contribution >= 0.6 is 0 Å². The zero-order valence-electron chi connectivity index (χ0n) is 14.2. The van der Waals surface area contributed by atoms with E-state index in [-0.39, 0.29) is 29.1 Å². The Morgan fingerprint density at radius 3 is 2.54 bits per heavy atom. The summed E-state index contributed by atoms with van der Waals surface area (Å²) in [5.41, 5.74) is 0.993. The quantitative estimate of drug-likeness (QED) is 0.843. The van der Waals surface area contributed by atoms with Crippen molar-refractivity contribution in [2.75, 3.05) is 13.7 Å². The van der Waals surface area contributed by atoms with E-state index in [2.05, 4.69) is 10.4 Å². The molecule has 6 nitrogen and oxygen atoms in total. The molecule has 1 unspecified atom stereocenters. The van der Waals surface area contributed by atoms with Gasteiger partial charge in [-0.15, -0.1) is 0 Å². The van der Waals surface area contributed by atoms with Gasteiger partial charge in [0.1, 0.15) is 5.69 Å². The first-order valence-electron chi connectivity index (χ1n) is 7.96. The molecule has 0 aliphatic rings. The Balaban J connectivity index is 2.20. The van der Waals surface area contributed by atoms with Gasteiger partial charge in [0.25, 0.3) is 11.5 Å². The molecule has 6 heteroatoms. The molecular formula is C18H23N3O3. The van der Waals surface area contributed by atoms with Gasteiger partial charge in [-0.2, -0.15) is 5.10 Å². The fraction of sp³-hybridized carbons (Fsp3) is 0.389. The number of methoxy groups -OCH3 is 1. The number of rotatable bonds is 7. The summed E-state index contributed by atoms with van der Waals surface area (Å²) in [7, 11) is 1.55. The van der Waals surface area contributed by atoms with Crippen LogP contribution in [0.5, 0.6) is 0 Å². The number of ether oxygens (including phenoxy) is 1. The molecule has 0 bridgehead atoms. The van der Waals surface area contributed by atoms with E-state index in [1.807, 2.05) is 44.2 Å². The molecule has 0 fully saturated rings. The summed E-state index contributed by atoms with van der Waals surface area (Å²) in [6.07, 6.45) is 0. The molecule has 0 aliphatic carbocycles. The fourth-order valence-corrected chi connectivity index (χ4v) is 2.42. The molecule has 2 rings (SSSR count). The number of amides is 1. The number of nitrogens with zero attached hydrogens (tertiary/aromatic N) is 2. The number of hydrogen-bond donors (Lipinski definition) is 1. The molecule has 24 heavy (non-hydrogen) atoms. The molecule has 128 valence electrons. The first-order chi connectivity index (χ1) is 11.5. The smallest absolute Gasteiger partial charge is 0.272 e. The van der Waals surface area contributed by atoms with Crippen LogP contribution in [-0.4, -0.2) is 29.4 Å². The van der Waals surface area contributed by atoms with Crippen molar-refractivity contribution in [1.82, 2.24) is 15.1 Å². The molecule has 1 aromatic heterocycles. The predicted octanol–water partition coefficient (Wildman–Crippen LogP) is 2.02. The van der Waals surface area contributed by atoms with Crippen molar-refractivity contribution < 1.29 is 9.53 Å². The van der Waals surface area contributed by atoms with Gasteiger partial charge in [0.15, 0.2) is 0 Å². The van der Waals surface area contributed by atoms with Gasteiger partial charge in [-0.3, -0.25) is 9.59 Å². The van der Waals surface area contributed by atoms with Crippen molar-refractivity contribution in [3.8, 4) is 0 Å². The molecule has 0 saturated carbocycles. The van der Waals surface area contributed by atoms with Crippen LogP contribution in [0.4, 0.5) is 0 Å². The molecule has 0 spiro atoms. The third-order valence-electron chi connectivity index (χ3n) is 3.72. The maximum atomic E-state index is 12.5. The van der Waals surface area contributed by atoms with Gasteiger partial charge in [-0.1, -0.05) is 44.2 Å². The highest BCUT2D eigenvalue weighted by molar-refractivity contribution is 5.92. The normalized spacial score (nSPS) is 12.2. The Hall–Kier alpha value is -2.47. The summed E-state index contributed by atoms with van der Waals surface area (Å²) in [5, 5.41) is 7.13. The summed E-state index contributed by atoms with van der Waals surface area (Å²) in [4.78, 5) is 24.3. The van der Waals surface area contributed by atoms with Crippen LogP contribution in [0.15, 0.2) is 47.3 Å². The summed E-state index contributed by atoms with van der Waals surface area (Å²) in [5.74, 6) is -0.0838. The third-order valence-corrected chi connectivity index (χ3v) is 3.72. The molecule has 1 heterocycles. The third kappa shape index (κ3) is 4.52. The Morgan fingerprint density at radius 1 is 1.21 bits per heavy atom. The molecule has 1 N–H and O–H groups in total. The van der Waals surface area contributed by atoms with E-state index in [1.165, 1.54) is 16.8 Å². The van der Waals surface area contributed by atoms with Crippen LogP contribution in [0.2, 0.25) is 0 Å². The first-order valence-corrected chi connectivity index (χ1v) is 7.96. The van der Waals surface area contributed by atoms with E-state index in [9.17, 15) is 9.59 Å². The lowest BCUT2D eigenvalue weighted by Crippen LogP contribution is -2.34. The monoisotopic (exact) mass is 329 g/mol. The SMILES string of the molecule is COCCn1nc(C(=O)NC(c2ccccc2)C(C)C)ccc1=O. The van der Waals surface area contributed by atoms with Crippen LogP contribution in [-0.2, 0) is 11.3 Å². The van der Waals surface area contributed by atoms with Crippen LogP contribution < -0.4 is 10.9 Å². The minimum atomic E-state index is -0.302. The summed E-state index contributed by atoms with van der Waals surface area (Å²) in [6, 6.07) is 12.5. The maximum Gasteiger partial charge on any atom is 0.272 e. The molecular weight excluding hydrogens is 306 g/mol. The summed E-state index contributed by atoms with van der Waals surface area (Å²) < 4.78 is 6.20. The Morgan fingerprint density at radius 2 is 1.92 bits per heavy atom. The van der Waals surface area contributed by atoms with E-state index in [4.69, 9.17) is 4.74 Å². The Kier molecular flexibility index (Phi) is 6.26. The van der Waals surface area contributed by atoms with Crippen molar-refractivity contribution in [3.05, 3.63) is 64.1 Å². The van der Waals surface area contributed by atoms with Gasteiger partial charge in [-0.05, 0) is 17.5 Å². The van der Waals surface area contributed by atoms with E-state index in [1.54, 1.807) is 7.11 Å². The lowest BCUT2D eigenvalue weighted by molar-refractivity contribution is 0.0917. The van der Waals surface area contributed by atoms with Gasteiger partial charge in [0.05, 0.1) is 19.2 Å². The van der Waals surface area contributed by atoms with Gasteiger partial charge >= 0.3 is 0 Å². The number of hydrogen-bond acceptors (Lipinski definition) is 4. The number of aromatic nitrogens is 2. The second-order valence-electron chi connectivity index (χ2n) is 5.88. The van der Waals surface area contributed by atoms with E-state index < -0.39 is 0 Å². The predicted molar refractivity (Wildman–Crippen MR) is 91.9 cm³/mol. The van der Waals surface area contributed by atoms with Gasteiger partial charge in [0.2, 0.25) is 0 Å². The maximum absolute atomic E-state index is 12.5. The molecule has 1 aromatic carbocycles. The zero-order valence-corrected chi connectivity index (χ0v) is 14.2. The van der Waals surface area contributed by atoms with Crippen molar-refractivity contribution in [2.45, 2.75) is 26.4 Å². The Bertz CT molecular complexity index is 726. The summed E-state index contributed by atoms with van der Waals surface area (Å²) >= 11 is 0. The van der Waals surface area contributed by atoms with Crippen LogP contribution in [0.3, 0.4) is 0 Å². The molecule has 1 atom stereocenters. The van der Waals surface area contributed by atoms with Crippen molar-refractivity contribution in [2.24, 2.45) is 5.92 Å². The average Bonchev–Trinajstić information content (AvgIpc) is 2.59. The Labute approximate surface area is 141 Å². The molecule has 0 aliphatic heterocycles. The lowest BCUT2D eigenvalue weighted by Gasteiger charge is -2.22. The number of benzene rings is 1. The van der Waals surface area contributed by atoms with Crippen molar-refractivity contribution in [1.29, 1.82) is 0 Å². The number of carbonyl (C=O) groups is 1. The van der Waals surface area contributed by atoms with Gasteiger partial charge < -0.3 is 10.1 Å². The van der Waals surface area contributed by atoms with Crippen LogP contribution in [0, 0.1) is 5.92 Å². The average molecular weight is 329 g/mol. The zero-order chi connectivity index (χ0) is 17.5. The topological polar surface area (TPSA) is 73.2 Å². The highest BCUT2D eigenvalue weighted by Gasteiger charge is 2.20. The molecule has 1 amide bonds. The minimum absolute atomic E-state index is 0.125. The summed E-state index contributed by atoms with van der Waals surface area (Å²) in [6.45, 7) is 4.76. The van der Waals surface area contributed by atoms with Gasteiger partial charge in [-0.25, -0.2) is 4.68 Å². The van der Waals surface area contributed by atoms with Crippen molar-refractivity contribution in [3.63, 3.8) is 0 Å². The lowest BCUT2D eigenvalue weighted by atomic mass is 9.96. The fourth-order valence-electron chi connectivity index (χ4n) is 2.42. The number of nitrogens with one attached hydrogen (secondary N) is 1. The van der Waals surface area contributed by atoms with Crippen molar-refractivity contribution >= 4 is 5.91 Å². The van der Waals surface area contributed by atoms with Crippen LogP contribution in [0.1, 0.15) is 35.9 Å². The largest absolute Gasteiger partial charge is 0.383 e.